The van der Waals surface area contributed by atoms with Gasteiger partial charge in [0.2, 0.25) is 0 Å². The molecule has 1 saturated heterocycles. The van der Waals surface area contributed by atoms with Crippen LogP contribution in [-0.2, 0) is 16.1 Å². The summed E-state index contributed by atoms with van der Waals surface area (Å²) in [7, 11) is 1.53. The van der Waals surface area contributed by atoms with E-state index in [1.165, 1.54) is 13.2 Å². The average Bonchev–Trinajstić information content (AvgIpc) is 3.29. The Hall–Kier alpha value is -3.32. The molecule has 7 nitrogen and oxygen atoms in total. The molecular formula is C23H22O7. The minimum absolute atomic E-state index is 0.0426. The Morgan fingerprint density at radius 3 is 2.83 bits per heavy atom. The molecule has 30 heavy (non-hydrogen) atoms. The van der Waals surface area contributed by atoms with E-state index >= 15 is 0 Å². The van der Waals surface area contributed by atoms with Crippen molar-refractivity contribution in [1.29, 1.82) is 0 Å². The molecule has 7 heteroatoms. The second kappa shape index (κ2) is 9.00. The first-order valence-electron chi connectivity index (χ1n) is 9.75. The van der Waals surface area contributed by atoms with Crippen LogP contribution < -0.4 is 15.1 Å². The van der Waals surface area contributed by atoms with Crippen LogP contribution in [0.5, 0.6) is 11.5 Å². The normalized spacial score (nSPS) is 15.8. The smallest absolute Gasteiger partial charge is 0.342 e. The molecule has 0 radical (unpaired) electrons. The SMILES string of the molecule is COc1ccc2c(COC(=O)c3ccccc3OC[C@H]3CCCO3)cc(=O)oc2c1. The summed E-state index contributed by atoms with van der Waals surface area (Å²) in [4.78, 5) is 24.6. The molecule has 1 atom stereocenters. The number of carbonyl (C=O) groups excluding carboxylic acids is 1. The van der Waals surface area contributed by atoms with Crippen LogP contribution in [-0.4, -0.2) is 32.4 Å². The number of carbonyl (C=O) groups is 1. The lowest BCUT2D eigenvalue weighted by atomic mass is 10.1. The highest BCUT2D eigenvalue weighted by molar-refractivity contribution is 5.92. The van der Waals surface area contributed by atoms with E-state index in [0.29, 0.717) is 40.2 Å². The lowest BCUT2D eigenvalue weighted by Gasteiger charge is -2.14. The second-order valence-corrected chi connectivity index (χ2v) is 6.97. The van der Waals surface area contributed by atoms with Gasteiger partial charge >= 0.3 is 11.6 Å². The minimum Gasteiger partial charge on any atom is -0.497 e. The third kappa shape index (κ3) is 4.46. The zero-order chi connectivity index (χ0) is 20.9. The van der Waals surface area contributed by atoms with E-state index in [9.17, 15) is 9.59 Å². The number of esters is 1. The average molecular weight is 410 g/mol. The molecule has 1 aliphatic heterocycles. The van der Waals surface area contributed by atoms with Crippen LogP contribution in [0.3, 0.4) is 0 Å². The summed E-state index contributed by atoms with van der Waals surface area (Å²) in [6, 6.07) is 13.4. The fourth-order valence-corrected chi connectivity index (χ4v) is 3.40. The van der Waals surface area contributed by atoms with Crippen LogP contribution in [0.15, 0.2) is 57.7 Å². The van der Waals surface area contributed by atoms with Gasteiger partial charge in [-0.2, -0.15) is 0 Å². The van der Waals surface area contributed by atoms with Crippen molar-refractivity contribution in [2.24, 2.45) is 0 Å². The van der Waals surface area contributed by atoms with Gasteiger partial charge in [-0.3, -0.25) is 0 Å². The Bertz CT molecular complexity index is 1100. The van der Waals surface area contributed by atoms with Crippen LogP contribution in [0.25, 0.3) is 11.0 Å². The summed E-state index contributed by atoms with van der Waals surface area (Å²) >= 11 is 0. The summed E-state index contributed by atoms with van der Waals surface area (Å²) in [5.41, 5.74) is 0.717. The Kier molecular flexibility index (Phi) is 5.99. The fourth-order valence-electron chi connectivity index (χ4n) is 3.40. The molecule has 0 spiro atoms. The maximum Gasteiger partial charge on any atom is 0.342 e. The molecule has 4 rings (SSSR count). The summed E-state index contributed by atoms with van der Waals surface area (Å²) in [6.07, 6.45) is 2.00. The first kappa shape index (κ1) is 20.0. The molecule has 2 aromatic carbocycles. The zero-order valence-corrected chi connectivity index (χ0v) is 16.6. The lowest BCUT2D eigenvalue weighted by Crippen LogP contribution is -2.18. The monoisotopic (exact) mass is 410 g/mol. The van der Waals surface area contributed by atoms with Gasteiger partial charge < -0.3 is 23.4 Å². The topological polar surface area (TPSA) is 84.2 Å². The van der Waals surface area contributed by atoms with Crippen molar-refractivity contribution < 1.29 is 28.2 Å². The number of ether oxygens (including phenoxy) is 4. The predicted molar refractivity (Wildman–Crippen MR) is 109 cm³/mol. The van der Waals surface area contributed by atoms with Crippen LogP contribution >= 0.6 is 0 Å². The molecule has 0 aliphatic carbocycles. The predicted octanol–water partition coefficient (Wildman–Crippen LogP) is 3.72. The van der Waals surface area contributed by atoms with Crippen LogP contribution in [0, 0.1) is 0 Å². The van der Waals surface area contributed by atoms with Crippen LogP contribution in [0.1, 0.15) is 28.8 Å². The maximum atomic E-state index is 12.7. The number of methoxy groups -OCH3 is 1. The zero-order valence-electron chi connectivity index (χ0n) is 16.6. The summed E-state index contributed by atoms with van der Waals surface area (Å²) in [6.45, 7) is 1.05. The molecule has 1 aromatic heterocycles. The van der Waals surface area contributed by atoms with Crippen molar-refractivity contribution in [3.63, 3.8) is 0 Å². The van der Waals surface area contributed by atoms with E-state index in [4.69, 9.17) is 23.4 Å². The number of para-hydroxylation sites is 1. The molecule has 1 fully saturated rings. The third-order valence-corrected chi connectivity index (χ3v) is 4.95. The highest BCUT2D eigenvalue weighted by Crippen LogP contribution is 2.25. The third-order valence-electron chi connectivity index (χ3n) is 4.95. The molecule has 1 aliphatic rings. The minimum atomic E-state index is -0.534. The fraction of sp³-hybridized carbons (Fsp3) is 0.304. The number of hydrogen-bond acceptors (Lipinski definition) is 7. The van der Waals surface area contributed by atoms with Crippen molar-refractivity contribution in [3.05, 3.63) is 70.1 Å². The summed E-state index contributed by atoms with van der Waals surface area (Å²) in [5.74, 6) is 0.477. The number of fused-ring (bicyclic) bond motifs is 1. The van der Waals surface area contributed by atoms with Crippen molar-refractivity contribution in [2.75, 3.05) is 20.3 Å². The van der Waals surface area contributed by atoms with Gasteiger partial charge in [0.25, 0.3) is 0 Å². The molecule has 0 unspecified atom stereocenters. The maximum absolute atomic E-state index is 12.7. The Balaban J connectivity index is 1.49. The van der Waals surface area contributed by atoms with E-state index in [1.807, 2.05) is 0 Å². The molecule has 0 saturated carbocycles. The molecule has 0 amide bonds. The lowest BCUT2D eigenvalue weighted by molar-refractivity contribution is 0.0455. The Labute approximate surface area is 173 Å². The van der Waals surface area contributed by atoms with Crippen LogP contribution in [0.2, 0.25) is 0 Å². The first-order valence-corrected chi connectivity index (χ1v) is 9.75. The quantitative estimate of drug-likeness (QED) is 0.434. The first-order chi connectivity index (χ1) is 14.6. The van der Waals surface area contributed by atoms with Gasteiger partial charge in [-0.1, -0.05) is 12.1 Å². The second-order valence-electron chi connectivity index (χ2n) is 6.97. The van der Waals surface area contributed by atoms with Gasteiger partial charge in [0.15, 0.2) is 0 Å². The van der Waals surface area contributed by atoms with E-state index in [-0.39, 0.29) is 12.7 Å². The summed E-state index contributed by atoms with van der Waals surface area (Å²) < 4.78 is 27.2. The number of hydrogen-bond donors (Lipinski definition) is 0. The molecule has 0 N–H and O–H groups in total. The van der Waals surface area contributed by atoms with Crippen LogP contribution in [0.4, 0.5) is 0 Å². The standard InChI is InChI=1S/C23H22O7/c1-26-16-8-9-18-15(11-22(24)30-21(18)12-16)13-29-23(25)19-6-2-3-7-20(19)28-14-17-5-4-10-27-17/h2-3,6-9,11-12,17H,4-5,10,13-14H2,1H3/t17-/m1/s1. The van der Waals surface area contributed by atoms with E-state index < -0.39 is 11.6 Å². The Morgan fingerprint density at radius 1 is 1.17 bits per heavy atom. The van der Waals surface area contributed by atoms with Crippen molar-refractivity contribution in [1.82, 2.24) is 0 Å². The van der Waals surface area contributed by atoms with E-state index in [1.54, 1.807) is 42.5 Å². The molecular weight excluding hydrogens is 388 g/mol. The van der Waals surface area contributed by atoms with Crippen molar-refractivity contribution in [2.45, 2.75) is 25.6 Å². The van der Waals surface area contributed by atoms with Gasteiger partial charge in [0, 0.05) is 29.7 Å². The van der Waals surface area contributed by atoms with E-state index in [2.05, 4.69) is 0 Å². The van der Waals surface area contributed by atoms with Gasteiger partial charge in [-0.25, -0.2) is 9.59 Å². The number of benzene rings is 2. The van der Waals surface area contributed by atoms with Gasteiger partial charge in [0.05, 0.1) is 13.2 Å². The summed E-state index contributed by atoms with van der Waals surface area (Å²) in [5, 5.41) is 0.672. The number of rotatable bonds is 7. The molecule has 2 heterocycles. The molecule has 3 aromatic rings. The van der Waals surface area contributed by atoms with Crippen molar-refractivity contribution in [3.8, 4) is 11.5 Å². The molecule has 156 valence electrons. The Morgan fingerprint density at radius 2 is 2.03 bits per heavy atom. The van der Waals surface area contributed by atoms with Gasteiger partial charge in [-0.15, -0.1) is 0 Å². The largest absolute Gasteiger partial charge is 0.497 e. The molecule has 0 bridgehead atoms. The van der Waals surface area contributed by atoms with E-state index in [0.717, 1.165) is 19.4 Å². The van der Waals surface area contributed by atoms with Gasteiger partial charge in [-0.05, 0) is 37.1 Å². The highest BCUT2D eigenvalue weighted by Gasteiger charge is 2.19. The van der Waals surface area contributed by atoms with Crippen molar-refractivity contribution >= 4 is 16.9 Å². The highest BCUT2D eigenvalue weighted by atomic mass is 16.5. The van der Waals surface area contributed by atoms with Gasteiger partial charge in [0.1, 0.15) is 35.9 Å².